The van der Waals surface area contributed by atoms with Crippen molar-refractivity contribution in [2.24, 2.45) is 5.92 Å². The molecule has 1 aliphatic carbocycles. The van der Waals surface area contributed by atoms with E-state index in [9.17, 15) is 4.79 Å². The number of hydrogen-bond acceptors (Lipinski definition) is 4. The van der Waals surface area contributed by atoms with E-state index >= 15 is 0 Å². The normalized spacial score (nSPS) is 18.5. The van der Waals surface area contributed by atoms with Gasteiger partial charge in [-0.05, 0) is 36.5 Å². The van der Waals surface area contributed by atoms with Gasteiger partial charge in [-0.2, -0.15) is 5.10 Å². The zero-order valence-corrected chi connectivity index (χ0v) is 16.9. The second-order valence-electron chi connectivity index (χ2n) is 8.46. The minimum atomic E-state index is -0.806. The van der Waals surface area contributed by atoms with Crippen molar-refractivity contribution in [1.29, 1.82) is 0 Å². The quantitative estimate of drug-likeness (QED) is 0.613. The predicted octanol–water partition coefficient (Wildman–Crippen LogP) is 4.76. The first kappa shape index (κ1) is 19.0. The Bertz CT molecular complexity index is 1070. The van der Waals surface area contributed by atoms with Gasteiger partial charge in [0.25, 0.3) is 0 Å². The van der Waals surface area contributed by atoms with E-state index < -0.39 is 5.97 Å². The van der Waals surface area contributed by atoms with Gasteiger partial charge in [-0.15, -0.1) is 0 Å². The van der Waals surface area contributed by atoms with Crippen LogP contribution in [0.4, 0.5) is 0 Å². The smallest absolute Gasteiger partial charge is 0.304 e. The highest BCUT2D eigenvalue weighted by molar-refractivity contribution is 5.79. The highest BCUT2D eigenvalue weighted by Crippen LogP contribution is 2.38. The van der Waals surface area contributed by atoms with E-state index in [0.717, 1.165) is 46.0 Å². The van der Waals surface area contributed by atoms with Crippen molar-refractivity contribution >= 4 is 16.9 Å². The summed E-state index contributed by atoms with van der Waals surface area (Å²) in [6.45, 7) is 1.86. The third kappa shape index (κ3) is 3.86. The fourth-order valence-electron chi connectivity index (χ4n) is 4.68. The van der Waals surface area contributed by atoms with Gasteiger partial charge < -0.3 is 14.6 Å². The van der Waals surface area contributed by atoms with E-state index in [1.807, 2.05) is 24.4 Å². The third-order valence-corrected chi connectivity index (χ3v) is 6.31. The lowest BCUT2D eigenvalue weighted by Gasteiger charge is -2.11. The van der Waals surface area contributed by atoms with Crippen molar-refractivity contribution in [2.75, 3.05) is 6.61 Å². The molecule has 0 bridgehead atoms. The standard InChI is InChI=1S/C24H26N2O4/c27-24(28)10-19-15-30-23-11-20(7-8-21(19)23)29-14-17-5-6-18-12-25-26(22(18)9-17)13-16-3-1-2-4-16/h5-9,11-12,16,19H,1-4,10,13-15H2,(H,27,28). The fraction of sp³-hybridized carbons (Fsp3) is 0.417. The van der Waals surface area contributed by atoms with Gasteiger partial charge in [0.1, 0.15) is 18.1 Å². The molecule has 0 saturated heterocycles. The molecular weight excluding hydrogens is 380 g/mol. The Morgan fingerprint density at radius 2 is 2.07 bits per heavy atom. The molecule has 6 heteroatoms. The summed E-state index contributed by atoms with van der Waals surface area (Å²) in [7, 11) is 0. The molecule has 1 fully saturated rings. The van der Waals surface area contributed by atoms with Crippen LogP contribution in [0.25, 0.3) is 10.9 Å². The lowest BCUT2D eigenvalue weighted by atomic mass is 9.98. The number of carboxylic acids is 1. The Morgan fingerprint density at radius 3 is 2.90 bits per heavy atom. The minimum Gasteiger partial charge on any atom is -0.492 e. The molecular formula is C24H26N2O4. The van der Waals surface area contributed by atoms with Crippen LogP contribution in [0.2, 0.25) is 0 Å². The van der Waals surface area contributed by atoms with E-state index in [2.05, 4.69) is 28.0 Å². The lowest BCUT2D eigenvalue weighted by molar-refractivity contribution is -0.137. The number of ether oxygens (including phenoxy) is 2. The van der Waals surface area contributed by atoms with Crippen molar-refractivity contribution in [3.63, 3.8) is 0 Å². The second kappa shape index (κ2) is 8.01. The van der Waals surface area contributed by atoms with Crippen molar-refractivity contribution in [2.45, 2.75) is 51.2 Å². The zero-order valence-electron chi connectivity index (χ0n) is 16.9. The molecule has 2 aromatic carbocycles. The molecule has 2 heterocycles. The number of fused-ring (bicyclic) bond motifs is 2. The number of hydrogen-bond donors (Lipinski definition) is 1. The molecule has 1 unspecified atom stereocenters. The molecule has 1 saturated carbocycles. The fourth-order valence-corrected chi connectivity index (χ4v) is 4.68. The van der Waals surface area contributed by atoms with Crippen LogP contribution in [0.5, 0.6) is 11.5 Å². The zero-order chi connectivity index (χ0) is 20.5. The topological polar surface area (TPSA) is 73.6 Å². The Hall–Kier alpha value is -3.02. The van der Waals surface area contributed by atoms with E-state index in [1.165, 1.54) is 25.7 Å². The van der Waals surface area contributed by atoms with Gasteiger partial charge in [-0.25, -0.2) is 0 Å². The Labute approximate surface area is 175 Å². The molecule has 3 aromatic rings. The van der Waals surface area contributed by atoms with E-state index in [1.54, 1.807) is 0 Å². The number of rotatable bonds is 7. The number of aromatic nitrogens is 2. The molecule has 0 spiro atoms. The summed E-state index contributed by atoms with van der Waals surface area (Å²) < 4.78 is 13.8. The molecule has 1 aromatic heterocycles. The molecule has 1 atom stereocenters. The summed E-state index contributed by atoms with van der Waals surface area (Å²) in [4.78, 5) is 11.0. The maximum atomic E-state index is 11.0. The van der Waals surface area contributed by atoms with E-state index in [-0.39, 0.29) is 12.3 Å². The molecule has 1 N–H and O–H groups in total. The molecule has 1 aliphatic heterocycles. The van der Waals surface area contributed by atoms with Crippen LogP contribution >= 0.6 is 0 Å². The molecule has 30 heavy (non-hydrogen) atoms. The number of aliphatic carboxylic acids is 1. The maximum Gasteiger partial charge on any atom is 0.304 e. The van der Waals surface area contributed by atoms with E-state index in [4.69, 9.17) is 14.6 Å². The number of carboxylic acid groups (broad SMARTS) is 1. The summed E-state index contributed by atoms with van der Waals surface area (Å²) in [5.41, 5.74) is 3.21. The van der Waals surface area contributed by atoms with Gasteiger partial charge in [0.2, 0.25) is 0 Å². The van der Waals surface area contributed by atoms with Crippen LogP contribution in [-0.2, 0) is 17.9 Å². The first-order chi connectivity index (χ1) is 14.7. The average Bonchev–Trinajstić information content (AvgIpc) is 3.48. The highest BCUT2D eigenvalue weighted by Gasteiger charge is 2.26. The first-order valence-electron chi connectivity index (χ1n) is 10.7. The highest BCUT2D eigenvalue weighted by atomic mass is 16.5. The molecule has 0 amide bonds. The van der Waals surface area contributed by atoms with E-state index in [0.29, 0.717) is 13.2 Å². The van der Waals surface area contributed by atoms with Crippen LogP contribution in [0.15, 0.2) is 42.6 Å². The Kier molecular flexibility index (Phi) is 5.07. The molecule has 156 valence electrons. The van der Waals surface area contributed by atoms with Gasteiger partial charge in [-0.3, -0.25) is 9.48 Å². The van der Waals surface area contributed by atoms with Gasteiger partial charge in [0.15, 0.2) is 0 Å². The molecule has 6 nitrogen and oxygen atoms in total. The van der Waals surface area contributed by atoms with Crippen molar-refractivity contribution < 1.29 is 19.4 Å². The lowest BCUT2D eigenvalue weighted by Crippen LogP contribution is -2.08. The van der Waals surface area contributed by atoms with Crippen LogP contribution in [0, 0.1) is 5.92 Å². The Morgan fingerprint density at radius 1 is 1.20 bits per heavy atom. The molecule has 2 aliphatic rings. The summed E-state index contributed by atoms with van der Waals surface area (Å²) in [5.74, 6) is 1.30. The van der Waals surface area contributed by atoms with Gasteiger partial charge in [-0.1, -0.05) is 31.0 Å². The number of benzene rings is 2. The Balaban J connectivity index is 1.28. The number of carbonyl (C=O) groups is 1. The summed E-state index contributed by atoms with van der Waals surface area (Å²) in [5, 5.41) is 14.8. The van der Waals surface area contributed by atoms with Crippen LogP contribution in [0.1, 0.15) is 49.1 Å². The second-order valence-corrected chi connectivity index (χ2v) is 8.46. The largest absolute Gasteiger partial charge is 0.492 e. The van der Waals surface area contributed by atoms with Crippen molar-refractivity contribution in [3.05, 3.63) is 53.7 Å². The van der Waals surface area contributed by atoms with Crippen molar-refractivity contribution in [3.8, 4) is 11.5 Å². The predicted molar refractivity (Wildman–Crippen MR) is 113 cm³/mol. The average molecular weight is 406 g/mol. The summed E-state index contributed by atoms with van der Waals surface area (Å²) >= 11 is 0. The maximum absolute atomic E-state index is 11.0. The number of nitrogens with zero attached hydrogens (tertiary/aromatic N) is 2. The van der Waals surface area contributed by atoms with Crippen molar-refractivity contribution in [1.82, 2.24) is 9.78 Å². The monoisotopic (exact) mass is 406 g/mol. The summed E-state index contributed by atoms with van der Waals surface area (Å²) in [6.07, 6.45) is 7.31. The van der Waals surface area contributed by atoms with Gasteiger partial charge in [0.05, 0.1) is 24.7 Å². The van der Waals surface area contributed by atoms with Crippen LogP contribution in [-0.4, -0.2) is 27.5 Å². The SMILES string of the molecule is O=C(O)CC1COc2cc(OCc3ccc4cnn(CC5CCCC5)c4c3)ccc21. The molecule has 0 radical (unpaired) electrons. The molecule has 5 rings (SSSR count). The summed E-state index contributed by atoms with van der Waals surface area (Å²) in [6, 6.07) is 12.0. The first-order valence-corrected chi connectivity index (χ1v) is 10.7. The van der Waals surface area contributed by atoms with Gasteiger partial charge in [0, 0.05) is 29.5 Å². The third-order valence-electron chi connectivity index (χ3n) is 6.31. The van der Waals surface area contributed by atoms with Gasteiger partial charge >= 0.3 is 5.97 Å². The van der Waals surface area contributed by atoms with Crippen LogP contribution < -0.4 is 9.47 Å². The van der Waals surface area contributed by atoms with Crippen LogP contribution in [0.3, 0.4) is 0 Å². The minimum absolute atomic E-state index is 0.0851.